The average molecular weight is 444 g/mol. The number of hydrogen-bond acceptors (Lipinski definition) is 4. The molecule has 2 rings (SSSR count). The molecule has 1 atom stereocenters. The van der Waals surface area contributed by atoms with E-state index in [2.05, 4.69) is 0 Å². The molecule has 2 aromatic rings. The lowest BCUT2D eigenvalue weighted by Crippen LogP contribution is -2.29. The molecule has 0 aromatic heterocycles. The number of carboxylic acids is 1. The van der Waals surface area contributed by atoms with Crippen molar-refractivity contribution in [2.45, 2.75) is 51.9 Å². The molecule has 1 unspecified atom stereocenters. The zero-order chi connectivity index (χ0) is 23.2. The van der Waals surface area contributed by atoms with E-state index in [4.69, 9.17) is 14.2 Å². The average Bonchev–Trinajstić information content (AvgIpc) is 2.67. The van der Waals surface area contributed by atoms with Gasteiger partial charge in [-0.3, -0.25) is 0 Å². The predicted octanol–water partition coefficient (Wildman–Crippen LogP) is 4.99. The van der Waals surface area contributed by atoms with Gasteiger partial charge in [0.05, 0.1) is 32.0 Å². The number of hydrogen-bond donors (Lipinski definition) is 1. The zero-order valence-electron chi connectivity index (χ0n) is 17.3. The third-order valence-corrected chi connectivity index (χ3v) is 4.37. The predicted molar refractivity (Wildman–Crippen MR) is 104 cm³/mol. The molecule has 0 bridgehead atoms. The second kappa shape index (κ2) is 10.6. The Morgan fingerprint density at radius 3 is 2.29 bits per heavy atom. The van der Waals surface area contributed by atoms with Crippen LogP contribution in [0.1, 0.15) is 36.1 Å². The van der Waals surface area contributed by atoms with Crippen LogP contribution < -0.4 is 4.74 Å². The van der Waals surface area contributed by atoms with Crippen LogP contribution in [0.4, 0.5) is 17.6 Å². The third-order valence-electron chi connectivity index (χ3n) is 4.37. The molecule has 0 fully saturated rings. The van der Waals surface area contributed by atoms with Gasteiger partial charge in [0.1, 0.15) is 11.6 Å². The van der Waals surface area contributed by atoms with Crippen molar-refractivity contribution in [2.24, 2.45) is 0 Å². The van der Waals surface area contributed by atoms with E-state index in [1.807, 2.05) is 0 Å². The summed E-state index contributed by atoms with van der Waals surface area (Å²) in [6, 6.07) is 7.32. The van der Waals surface area contributed by atoms with E-state index >= 15 is 0 Å². The van der Waals surface area contributed by atoms with Crippen molar-refractivity contribution in [1.29, 1.82) is 0 Å². The lowest BCUT2D eigenvalue weighted by Gasteiger charge is -2.18. The van der Waals surface area contributed by atoms with Crippen LogP contribution in [0.2, 0.25) is 0 Å². The first-order valence-corrected chi connectivity index (χ1v) is 9.48. The first-order valence-electron chi connectivity index (χ1n) is 9.48. The largest absolute Gasteiger partial charge is 0.496 e. The number of carbonyl (C=O) groups is 1. The van der Waals surface area contributed by atoms with Crippen LogP contribution in [0.15, 0.2) is 36.4 Å². The molecular formula is C22H24F4O5. The van der Waals surface area contributed by atoms with Gasteiger partial charge >= 0.3 is 12.1 Å². The molecule has 0 saturated carbocycles. The first kappa shape index (κ1) is 24.6. The Hall–Kier alpha value is -2.65. The minimum atomic E-state index is -4.62. The highest BCUT2D eigenvalue weighted by molar-refractivity contribution is 5.72. The number of aliphatic carboxylic acids is 1. The highest BCUT2D eigenvalue weighted by atomic mass is 19.4. The number of benzene rings is 2. The van der Waals surface area contributed by atoms with Crippen molar-refractivity contribution < 1.29 is 41.7 Å². The van der Waals surface area contributed by atoms with Crippen molar-refractivity contribution in [3.63, 3.8) is 0 Å². The SMILES string of the molecule is COc1ccc(CC(OC(C)C)C(=O)O)cc1COCc1ccc(C(F)(F)F)cc1F. The number of halogens is 4. The van der Waals surface area contributed by atoms with Crippen LogP contribution in [0.3, 0.4) is 0 Å². The highest BCUT2D eigenvalue weighted by Gasteiger charge is 2.31. The molecule has 5 nitrogen and oxygen atoms in total. The fourth-order valence-electron chi connectivity index (χ4n) is 2.92. The Bertz CT molecular complexity index is 896. The van der Waals surface area contributed by atoms with Crippen molar-refractivity contribution in [3.05, 3.63) is 64.5 Å². The van der Waals surface area contributed by atoms with Gasteiger partial charge < -0.3 is 19.3 Å². The van der Waals surface area contributed by atoms with Gasteiger partial charge in [-0.15, -0.1) is 0 Å². The second-order valence-corrected chi connectivity index (χ2v) is 7.16. The van der Waals surface area contributed by atoms with Gasteiger partial charge in [0, 0.05) is 17.5 Å². The van der Waals surface area contributed by atoms with Crippen LogP contribution in [0.25, 0.3) is 0 Å². The smallest absolute Gasteiger partial charge is 0.416 e. The van der Waals surface area contributed by atoms with Gasteiger partial charge in [0.25, 0.3) is 0 Å². The molecule has 9 heteroatoms. The molecule has 0 heterocycles. The maximum absolute atomic E-state index is 14.0. The molecular weight excluding hydrogens is 420 g/mol. The molecule has 0 spiro atoms. The Labute approximate surface area is 177 Å². The molecule has 0 saturated heterocycles. The Balaban J connectivity index is 2.09. The van der Waals surface area contributed by atoms with Crippen molar-refractivity contribution in [3.8, 4) is 5.75 Å². The summed E-state index contributed by atoms with van der Waals surface area (Å²) in [4.78, 5) is 11.4. The van der Waals surface area contributed by atoms with E-state index in [1.54, 1.807) is 32.0 Å². The van der Waals surface area contributed by atoms with Crippen molar-refractivity contribution >= 4 is 5.97 Å². The molecule has 2 aromatic carbocycles. The van der Waals surface area contributed by atoms with Gasteiger partial charge in [-0.1, -0.05) is 12.1 Å². The molecule has 0 aliphatic heterocycles. The van der Waals surface area contributed by atoms with Gasteiger partial charge in [0.2, 0.25) is 0 Å². The van der Waals surface area contributed by atoms with Gasteiger partial charge in [-0.05, 0) is 43.7 Å². The van der Waals surface area contributed by atoms with E-state index in [1.165, 1.54) is 7.11 Å². The number of carboxylic acid groups (broad SMARTS) is 1. The third kappa shape index (κ3) is 7.22. The van der Waals surface area contributed by atoms with E-state index in [-0.39, 0.29) is 31.3 Å². The standard InChI is InChI=1S/C22H24F4O5/c1-13(2)31-20(21(27)28)9-14-4-7-19(29-3)16(8-14)12-30-11-15-5-6-17(10-18(15)23)22(24,25)26/h4-8,10,13,20H,9,11-12H2,1-3H3,(H,27,28). The maximum atomic E-state index is 14.0. The summed E-state index contributed by atoms with van der Waals surface area (Å²) in [5.74, 6) is -1.61. The molecule has 1 N–H and O–H groups in total. The van der Waals surface area contributed by atoms with Gasteiger partial charge in [-0.25, -0.2) is 9.18 Å². The van der Waals surface area contributed by atoms with Crippen LogP contribution in [0.5, 0.6) is 5.75 Å². The van der Waals surface area contributed by atoms with E-state index < -0.39 is 29.6 Å². The topological polar surface area (TPSA) is 65.0 Å². The summed E-state index contributed by atoms with van der Waals surface area (Å²) in [6.07, 6.45) is -5.79. The lowest BCUT2D eigenvalue weighted by atomic mass is 10.0. The van der Waals surface area contributed by atoms with Crippen LogP contribution in [-0.2, 0) is 40.1 Å². The Morgan fingerprint density at radius 1 is 1.06 bits per heavy atom. The summed E-state index contributed by atoms with van der Waals surface area (Å²) >= 11 is 0. The molecule has 0 amide bonds. The molecule has 0 aliphatic carbocycles. The summed E-state index contributed by atoms with van der Waals surface area (Å²) < 4.78 is 68.1. The van der Waals surface area contributed by atoms with Gasteiger partial charge in [-0.2, -0.15) is 13.2 Å². The summed E-state index contributed by atoms with van der Waals surface area (Å²) in [5, 5.41) is 9.34. The second-order valence-electron chi connectivity index (χ2n) is 7.16. The number of methoxy groups -OCH3 is 1. The zero-order valence-corrected chi connectivity index (χ0v) is 17.3. The van der Waals surface area contributed by atoms with Crippen LogP contribution in [0, 0.1) is 5.82 Å². The van der Waals surface area contributed by atoms with Crippen molar-refractivity contribution in [1.82, 2.24) is 0 Å². The Morgan fingerprint density at radius 2 is 1.74 bits per heavy atom. The molecule has 0 radical (unpaired) electrons. The van der Waals surface area contributed by atoms with E-state index in [0.717, 1.165) is 12.1 Å². The number of alkyl halides is 3. The van der Waals surface area contributed by atoms with E-state index in [0.29, 0.717) is 22.9 Å². The molecule has 170 valence electrons. The number of rotatable bonds is 10. The monoisotopic (exact) mass is 444 g/mol. The van der Waals surface area contributed by atoms with Crippen LogP contribution in [-0.4, -0.2) is 30.4 Å². The molecule has 0 aliphatic rings. The quantitative estimate of drug-likeness (QED) is 0.523. The maximum Gasteiger partial charge on any atom is 0.416 e. The lowest BCUT2D eigenvalue weighted by molar-refractivity contribution is -0.153. The first-order chi connectivity index (χ1) is 14.5. The summed E-state index contributed by atoms with van der Waals surface area (Å²) in [6.45, 7) is 3.22. The summed E-state index contributed by atoms with van der Waals surface area (Å²) in [5.41, 5.74) is 0.174. The van der Waals surface area contributed by atoms with Gasteiger partial charge in [0.15, 0.2) is 6.10 Å². The number of ether oxygens (including phenoxy) is 3. The van der Waals surface area contributed by atoms with E-state index in [9.17, 15) is 27.5 Å². The summed E-state index contributed by atoms with van der Waals surface area (Å²) in [7, 11) is 1.45. The molecule has 31 heavy (non-hydrogen) atoms. The fourth-order valence-corrected chi connectivity index (χ4v) is 2.92. The normalized spacial score (nSPS) is 12.8. The minimum Gasteiger partial charge on any atom is -0.496 e. The minimum absolute atomic E-state index is 0.0136. The fraction of sp³-hybridized carbons (Fsp3) is 0.409. The highest BCUT2D eigenvalue weighted by Crippen LogP contribution is 2.30. The van der Waals surface area contributed by atoms with Crippen molar-refractivity contribution in [2.75, 3.05) is 7.11 Å². The Kier molecular flexibility index (Phi) is 8.41. The van der Waals surface area contributed by atoms with Crippen LogP contribution >= 0.6 is 0 Å².